The Morgan fingerprint density at radius 1 is 1.07 bits per heavy atom. The number of rotatable bonds is 5. The molecule has 158 valence electrons. The molecule has 1 N–H and O–H groups in total. The van der Waals surface area contributed by atoms with E-state index in [-0.39, 0.29) is 11.3 Å². The number of amides is 2. The molecular weight excluding hydrogens is 398 g/mol. The Balaban J connectivity index is 1.86. The smallest absolute Gasteiger partial charge is 0.387 e. The van der Waals surface area contributed by atoms with E-state index >= 15 is 0 Å². The highest BCUT2D eigenvalue weighted by Gasteiger charge is 2.45. The zero-order chi connectivity index (χ0) is 22.1. The Hall–Kier alpha value is -3.49. The van der Waals surface area contributed by atoms with E-state index in [0.717, 1.165) is 0 Å². The third-order valence-corrected chi connectivity index (χ3v) is 4.68. The van der Waals surface area contributed by atoms with Crippen molar-refractivity contribution in [1.82, 2.24) is 0 Å². The third kappa shape index (κ3) is 3.96. The summed E-state index contributed by atoms with van der Waals surface area (Å²) in [6.45, 7) is 1.36. The molecule has 0 aliphatic carbocycles. The van der Waals surface area contributed by atoms with Gasteiger partial charge in [-0.1, -0.05) is 24.3 Å². The van der Waals surface area contributed by atoms with Gasteiger partial charge in [-0.3, -0.25) is 14.5 Å². The number of carbonyl (C=O) groups is 3. The first-order valence-corrected chi connectivity index (χ1v) is 9.12. The van der Waals surface area contributed by atoms with E-state index in [4.69, 9.17) is 4.74 Å². The number of esters is 1. The number of nitrogens with zero attached hydrogens (tertiary/aromatic N) is 1. The van der Waals surface area contributed by atoms with Crippen LogP contribution in [0.3, 0.4) is 0 Å². The van der Waals surface area contributed by atoms with Gasteiger partial charge in [-0.25, -0.2) is 4.79 Å². The van der Waals surface area contributed by atoms with Crippen molar-refractivity contribution in [3.05, 3.63) is 54.1 Å². The number of para-hydroxylation sites is 3. The molecular formula is C21H20F2N2O5. The maximum absolute atomic E-state index is 13.2. The van der Waals surface area contributed by atoms with Crippen LogP contribution in [-0.2, 0) is 14.3 Å². The SMILES string of the molecule is C[C@@H](OC(=O)c1ccccc1OC(F)F)C(=O)N1c2ccccc2NC(=O)C1(C)C. The number of hydrogen-bond donors (Lipinski definition) is 1. The van der Waals surface area contributed by atoms with E-state index in [2.05, 4.69) is 10.1 Å². The molecule has 1 heterocycles. The molecule has 2 amide bonds. The number of nitrogens with one attached hydrogen (secondary N) is 1. The maximum atomic E-state index is 13.2. The standard InChI is InChI=1S/C21H20F2N2O5/c1-12(29-18(27)13-8-4-7-11-16(13)30-20(22)23)17(26)25-15-10-6-5-9-14(15)24-19(28)21(25,2)3/h4-12,20H,1-3H3,(H,24,28)/t12-/m1/s1. The quantitative estimate of drug-likeness (QED) is 0.750. The van der Waals surface area contributed by atoms with E-state index in [1.807, 2.05) is 0 Å². The Morgan fingerprint density at radius 2 is 1.70 bits per heavy atom. The molecule has 0 spiro atoms. The number of fused-ring (bicyclic) bond motifs is 1. The summed E-state index contributed by atoms with van der Waals surface area (Å²) in [5.41, 5.74) is -0.586. The minimum Gasteiger partial charge on any atom is -0.449 e. The second-order valence-electron chi connectivity index (χ2n) is 7.13. The highest BCUT2D eigenvalue weighted by molar-refractivity contribution is 6.15. The highest BCUT2D eigenvalue weighted by atomic mass is 19.3. The summed E-state index contributed by atoms with van der Waals surface area (Å²) in [6, 6.07) is 12.1. The van der Waals surface area contributed by atoms with Crippen LogP contribution in [0.5, 0.6) is 5.75 Å². The number of alkyl halides is 2. The van der Waals surface area contributed by atoms with E-state index in [1.54, 1.807) is 38.1 Å². The van der Waals surface area contributed by atoms with Crippen molar-refractivity contribution >= 4 is 29.2 Å². The van der Waals surface area contributed by atoms with Crippen LogP contribution in [0.4, 0.5) is 20.2 Å². The summed E-state index contributed by atoms with van der Waals surface area (Å²) in [6.07, 6.45) is -1.30. The first-order chi connectivity index (χ1) is 14.1. The Labute approximate surface area is 171 Å². The summed E-state index contributed by atoms with van der Waals surface area (Å²) in [7, 11) is 0. The average Bonchev–Trinajstić information content (AvgIpc) is 2.68. The van der Waals surface area contributed by atoms with Crippen LogP contribution in [0, 0.1) is 0 Å². The fraction of sp³-hybridized carbons (Fsp3) is 0.286. The van der Waals surface area contributed by atoms with Gasteiger partial charge in [0, 0.05) is 0 Å². The monoisotopic (exact) mass is 418 g/mol. The second kappa shape index (κ2) is 8.10. The number of anilines is 2. The number of hydrogen-bond acceptors (Lipinski definition) is 5. The van der Waals surface area contributed by atoms with Crippen molar-refractivity contribution in [2.45, 2.75) is 39.0 Å². The first-order valence-electron chi connectivity index (χ1n) is 9.12. The van der Waals surface area contributed by atoms with Crippen LogP contribution in [0.25, 0.3) is 0 Å². The highest BCUT2D eigenvalue weighted by Crippen LogP contribution is 2.37. The van der Waals surface area contributed by atoms with E-state index in [0.29, 0.717) is 11.4 Å². The molecule has 3 rings (SSSR count). The number of ether oxygens (including phenoxy) is 2. The summed E-state index contributed by atoms with van der Waals surface area (Å²) < 4.78 is 34.7. The van der Waals surface area contributed by atoms with E-state index < -0.39 is 36.0 Å². The molecule has 0 fully saturated rings. The fourth-order valence-corrected chi connectivity index (χ4v) is 3.14. The van der Waals surface area contributed by atoms with E-state index in [1.165, 1.54) is 36.1 Å². The first kappa shape index (κ1) is 21.2. The lowest BCUT2D eigenvalue weighted by atomic mass is 9.95. The zero-order valence-corrected chi connectivity index (χ0v) is 16.5. The van der Waals surface area contributed by atoms with Crippen molar-refractivity contribution < 1.29 is 32.6 Å². The predicted molar refractivity (Wildman–Crippen MR) is 105 cm³/mol. The van der Waals surface area contributed by atoms with Crippen molar-refractivity contribution in [3.63, 3.8) is 0 Å². The third-order valence-electron chi connectivity index (χ3n) is 4.68. The fourth-order valence-electron chi connectivity index (χ4n) is 3.14. The Bertz CT molecular complexity index is 993. The van der Waals surface area contributed by atoms with Gasteiger partial charge in [-0.05, 0) is 45.0 Å². The molecule has 0 unspecified atom stereocenters. The van der Waals surface area contributed by atoms with Gasteiger partial charge >= 0.3 is 12.6 Å². The lowest BCUT2D eigenvalue weighted by Gasteiger charge is -2.42. The van der Waals surface area contributed by atoms with Crippen molar-refractivity contribution in [2.24, 2.45) is 0 Å². The maximum Gasteiger partial charge on any atom is 0.387 e. The molecule has 30 heavy (non-hydrogen) atoms. The zero-order valence-electron chi connectivity index (χ0n) is 16.5. The Kier molecular flexibility index (Phi) is 5.73. The lowest BCUT2D eigenvalue weighted by Crippen LogP contribution is -2.60. The largest absolute Gasteiger partial charge is 0.449 e. The van der Waals surface area contributed by atoms with Crippen molar-refractivity contribution in [1.29, 1.82) is 0 Å². The average molecular weight is 418 g/mol. The molecule has 7 nitrogen and oxygen atoms in total. The van der Waals surface area contributed by atoms with Crippen LogP contribution >= 0.6 is 0 Å². The molecule has 2 aromatic rings. The normalized spacial score (nSPS) is 15.8. The molecule has 1 atom stereocenters. The van der Waals surface area contributed by atoms with Gasteiger partial charge in [0.25, 0.3) is 5.91 Å². The van der Waals surface area contributed by atoms with Gasteiger partial charge in [-0.15, -0.1) is 0 Å². The minimum absolute atomic E-state index is 0.242. The van der Waals surface area contributed by atoms with Gasteiger partial charge in [0.1, 0.15) is 16.9 Å². The van der Waals surface area contributed by atoms with Crippen LogP contribution in [0.1, 0.15) is 31.1 Å². The van der Waals surface area contributed by atoms with Crippen LogP contribution in [-0.4, -0.2) is 36.0 Å². The van der Waals surface area contributed by atoms with Gasteiger partial charge < -0.3 is 14.8 Å². The molecule has 1 aliphatic rings. The molecule has 0 bridgehead atoms. The van der Waals surface area contributed by atoms with Gasteiger partial charge in [0.15, 0.2) is 6.10 Å². The van der Waals surface area contributed by atoms with Crippen molar-refractivity contribution in [2.75, 3.05) is 10.2 Å². The van der Waals surface area contributed by atoms with E-state index in [9.17, 15) is 23.2 Å². The summed E-state index contributed by atoms with van der Waals surface area (Å²) in [4.78, 5) is 39.5. The van der Waals surface area contributed by atoms with Gasteiger partial charge in [-0.2, -0.15) is 8.78 Å². The molecule has 0 saturated heterocycles. The van der Waals surface area contributed by atoms with Gasteiger partial charge in [0.05, 0.1) is 11.4 Å². The topological polar surface area (TPSA) is 84.9 Å². The second-order valence-corrected chi connectivity index (χ2v) is 7.13. The molecule has 0 radical (unpaired) electrons. The number of carbonyl (C=O) groups excluding carboxylic acids is 3. The molecule has 0 saturated carbocycles. The summed E-state index contributed by atoms with van der Waals surface area (Å²) >= 11 is 0. The Morgan fingerprint density at radius 3 is 2.40 bits per heavy atom. The minimum atomic E-state index is -3.12. The molecule has 1 aliphatic heterocycles. The van der Waals surface area contributed by atoms with Crippen LogP contribution in [0.2, 0.25) is 0 Å². The molecule has 0 aromatic heterocycles. The molecule has 9 heteroatoms. The lowest BCUT2D eigenvalue weighted by molar-refractivity contribution is -0.131. The van der Waals surface area contributed by atoms with Gasteiger partial charge in [0.2, 0.25) is 5.91 Å². The summed E-state index contributed by atoms with van der Waals surface area (Å²) in [5.74, 6) is -2.40. The van der Waals surface area contributed by atoms with Crippen molar-refractivity contribution in [3.8, 4) is 5.75 Å². The van der Waals surface area contributed by atoms with Crippen LogP contribution in [0.15, 0.2) is 48.5 Å². The number of benzene rings is 2. The predicted octanol–water partition coefficient (Wildman–Crippen LogP) is 3.60. The number of halogens is 2. The summed E-state index contributed by atoms with van der Waals surface area (Å²) in [5, 5.41) is 2.74. The molecule has 2 aromatic carbocycles. The van der Waals surface area contributed by atoms with Crippen LogP contribution < -0.4 is 15.0 Å².